The van der Waals surface area contributed by atoms with Gasteiger partial charge in [0.1, 0.15) is 0 Å². The molecule has 2 aliphatic rings. The summed E-state index contributed by atoms with van der Waals surface area (Å²) in [4.78, 5) is 5.48. The number of rotatable bonds is 3. The van der Waals surface area contributed by atoms with Crippen LogP contribution in [0.5, 0.6) is 0 Å². The summed E-state index contributed by atoms with van der Waals surface area (Å²) in [5.74, 6) is 0. The molecule has 2 aliphatic heterocycles. The van der Waals surface area contributed by atoms with Crippen molar-refractivity contribution in [2.45, 2.75) is 63.7 Å². The zero-order valence-electron chi connectivity index (χ0n) is 13.2. The fourth-order valence-electron chi connectivity index (χ4n) is 3.68. The lowest BCUT2D eigenvalue weighted by atomic mass is 9.78. The minimum atomic E-state index is -0.538. The van der Waals surface area contributed by atoms with Gasteiger partial charge in [0.25, 0.3) is 0 Å². The standard InChI is InChI=1S/C17H27NO2S/c1-3-14-4-5-15(21-14)12-18-9-6-17(7-10-18)13-16(2,19)8-11-20-17/h4-5,19H,3,6-13H2,1-2H3. The normalized spacial score (nSPS) is 29.9. The van der Waals surface area contributed by atoms with E-state index in [1.165, 1.54) is 9.75 Å². The number of ether oxygens (including phenoxy) is 1. The molecule has 1 N–H and O–H groups in total. The number of hydrogen-bond donors (Lipinski definition) is 1. The monoisotopic (exact) mass is 309 g/mol. The SMILES string of the molecule is CCc1ccc(CN2CCC3(CC2)CC(C)(O)CCO3)s1. The molecule has 1 aromatic heterocycles. The average Bonchev–Trinajstić information content (AvgIpc) is 2.88. The predicted octanol–water partition coefficient (Wildman–Crippen LogP) is 3.21. The zero-order valence-corrected chi connectivity index (χ0v) is 14.0. The van der Waals surface area contributed by atoms with Crippen molar-refractivity contribution in [3.05, 3.63) is 21.9 Å². The van der Waals surface area contributed by atoms with E-state index in [0.717, 1.165) is 51.7 Å². The number of hydrogen-bond acceptors (Lipinski definition) is 4. The summed E-state index contributed by atoms with van der Waals surface area (Å²) in [6.07, 6.45) is 4.81. The molecule has 0 radical (unpaired) electrons. The van der Waals surface area contributed by atoms with Crippen molar-refractivity contribution < 1.29 is 9.84 Å². The Labute approximate surface area is 131 Å². The minimum absolute atomic E-state index is 0.0672. The maximum atomic E-state index is 10.3. The fourth-order valence-corrected chi connectivity index (χ4v) is 4.68. The van der Waals surface area contributed by atoms with Crippen LogP contribution < -0.4 is 0 Å². The second-order valence-electron chi connectivity index (χ2n) is 6.95. The highest BCUT2D eigenvalue weighted by atomic mass is 32.1. The van der Waals surface area contributed by atoms with Gasteiger partial charge in [-0.05, 0) is 44.7 Å². The molecule has 1 atom stereocenters. The maximum Gasteiger partial charge on any atom is 0.0734 e. The number of aryl methyl sites for hydroxylation is 1. The van der Waals surface area contributed by atoms with Crippen LogP contribution in [0.2, 0.25) is 0 Å². The molecule has 1 spiro atoms. The fraction of sp³-hybridized carbons (Fsp3) is 0.765. The van der Waals surface area contributed by atoms with E-state index in [9.17, 15) is 5.11 Å². The van der Waals surface area contributed by atoms with Crippen LogP contribution in [0.25, 0.3) is 0 Å². The molecule has 2 fully saturated rings. The van der Waals surface area contributed by atoms with Crippen LogP contribution >= 0.6 is 11.3 Å². The molecule has 0 amide bonds. The molecule has 3 nitrogen and oxygen atoms in total. The van der Waals surface area contributed by atoms with Gasteiger partial charge in [-0.1, -0.05) is 6.92 Å². The second kappa shape index (κ2) is 5.99. The third-order valence-electron chi connectivity index (χ3n) is 4.96. The lowest BCUT2D eigenvalue weighted by Gasteiger charge is -2.48. The van der Waals surface area contributed by atoms with E-state index in [1.54, 1.807) is 0 Å². The molecule has 21 heavy (non-hydrogen) atoms. The van der Waals surface area contributed by atoms with Crippen LogP contribution in [-0.4, -0.2) is 40.9 Å². The summed E-state index contributed by atoms with van der Waals surface area (Å²) in [5, 5.41) is 10.3. The molecule has 3 rings (SSSR count). The van der Waals surface area contributed by atoms with E-state index < -0.39 is 5.60 Å². The summed E-state index contributed by atoms with van der Waals surface area (Å²) in [6.45, 7) is 8.11. The zero-order chi connectivity index (χ0) is 14.9. The van der Waals surface area contributed by atoms with Crippen LogP contribution in [0.3, 0.4) is 0 Å². The minimum Gasteiger partial charge on any atom is -0.390 e. The third-order valence-corrected chi connectivity index (χ3v) is 6.18. The highest BCUT2D eigenvalue weighted by Gasteiger charge is 2.44. The highest BCUT2D eigenvalue weighted by molar-refractivity contribution is 7.11. The summed E-state index contributed by atoms with van der Waals surface area (Å²) in [6, 6.07) is 4.53. The van der Waals surface area contributed by atoms with Gasteiger partial charge in [-0.2, -0.15) is 0 Å². The first kappa shape index (κ1) is 15.5. The van der Waals surface area contributed by atoms with E-state index in [2.05, 4.69) is 24.0 Å². The highest BCUT2D eigenvalue weighted by Crippen LogP contribution is 2.39. The Bertz CT molecular complexity index is 475. The van der Waals surface area contributed by atoms with E-state index in [4.69, 9.17) is 4.74 Å². The van der Waals surface area contributed by atoms with Gasteiger partial charge in [-0.15, -0.1) is 11.3 Å². The quantitative estimate of drug-likeness (QED) is 0.930. The van der Waals surface area contributed by atoms with Crippen molar-refractivity contribution in [1.29, 1.82) is 0 Å². The Morgan fingerprint density at radius 1 is 1.24 bits per heavy atom. The summed E-state index contributed by atoms with van der Waals surface area (Å²) >= 11 is 1.94. The van der Waals surface area contributed by atoms with Crippen molar-refractivity contribution in [2.24, 2.45) is 0 Å². The van der Waals surface area contributed by atoms with Crippen molar-refractivity contribution in [3.8, 4) is 0 Å². The van der Waals surface area contributed by atoms with Gasteiger partial charge >= 0.3 is 0 Å². The van der Waals surface area contributed by atoms with Crippen molar-refractivity contribution in [1.82, 2.24) is 4.90 Å². The van der Waals surface area contributed by atoms with E-state index in [0.29, 0.717) is 6.61 Å². The number of piperidine rings is 1. The van der Waals surface area contributed by atoms with Gasteiger partial charge in [0.2, 0.25) is 0 Å². The smallest absolute Gasteiger partial charge is 0.0734 e. The molecular weight excluding hydrogens is 282 g/mol. The van der Waals surface area contributed by atoms with Crippen LogP contribution in [0, 0.1) is 0 Å². The van der Waals surface area contributed by atoms with Crippen molar-refractivity contribution in [3.63, 3.8) is 0 Å². The molecule has 1 aromatic rings. The number of thiophene rings is 1. The molecule has 118 valence electrons. The van der Waals surface area contributed by atoms with Gasteiger partial charge in [-0.3, -0.25) is 4.90 Å². The lowest BCUT2D eigenvalue weighted by Crippen LogP contribution is -2.53. The molecular formula is C17H27NO2S. The molecule has 0 aromatic carbocycles. The number of likely N-dealkylation sites (tertiary alicyclic amines) is 1. The Morgan fingerprint density at radius 3 is 2.57 bits per heavy atom. The Kier molecular flexibility index (Phi) is 4.42. The van der Waals surface area contributed by atoms with Gasteiger partial charge in [-0.25, -0.2) is 0 Å². The van der Waals surface area contributed by atoms with E-state index >= 15 is 0 Å². The Hall–Kier alpha value is -0.420. The van der Waals surface area contributed by atoms with E-state index in [1.807, 2.05) is 18.3 Å². The predicted molar refractivity (Wildman–Crippen MR) is 86.7 cm³/mol. The topological polar surface area (TPSA) is 32.7 Å². The molecule has 0 bridgehead atoms. The molecule has 2 saturated heterocycles. The van der Waals surface area contributed by atoms with Gasteiger partial charge in [0.15, 0.2) is 0 Å². The molecule has 3 heterocycles. The number of aliphatic hydroxyl groups is 1. The van der Waals surface area contributed by atoms with Gasteiger partial charge in [0.05, 0.1) is 17.8 Å². The Morgan fingerprint density at radius 2 is 1.95 bits per heavy atom. The molecule has 0 aliphatic carbocycles. The first-order chi connectivity index (χ1) is 10.0. The van der Waals surface area contributed by atoms with Crippen molar-refractivity contribution >= 4 is 11.3 Å². The van der Waals surface area contributed by atoms with Crippen molar-refractivity contribution in [2.75, 3.05) is 19.7 Å². The molecule has 1 unspecified atom stereocenters. The van der Waals surface area contributed by atoms with Crippen LogP contribution in [0.15, 0.2) is 12.1 Å². The summed E-state index contributed by atoms with van der Waals surface area (Å²) in [5.41, 5.74) is -0.605. The second-order valence-corrected chi connectivity index (χ2v) is 8.21. The van der Waals surface area contributed by atoms with E-state index in [-0.39, 0.29) is 5.60 Å². The summed E-state index contributed by atoms with van der Waals surface area (Å²) in [7, 11) is 0. The first-order valence-electron chi connectivity index (χ1n) is 8.17. The van der Waals surface area contributed by atoms with Gasteiger partial charge in [0, 0.05) is 35.8 Å². The van der Waals surface area contributed by atoms with Crippen LogP contribution in [0.4, 0.5) is 0 Å². The largest absolute Gasteiger partial charge is 0.390 e. The first-order valence-corrected chi connectivity index (χ1v) is 8.98. The van der Waals surface area contributed by atoms with Crippen LogP contribution in [0.1, 0.15) is 49.3 Å². The summed E-state index contributed by atoms with van der Waals surface area (Å²) < 4.78 is 6.08. The van der Waals surface area contributed by atoms with Gasteiger partial charge < -0.3 is 9.84 Å². The molecule has 4 heteroatoms. The number of nitrogens with zero attached hydrogens (tertiary/aromatic N) is 1. The maximum absolute atomic E-state index is 10.3. The average molecular weight is 309 g/mol. The molecule has 0 saturated carbocycles. The third kappa shape index (κ3) is 3.67. The van der Waals surface area contributed by atoms with Crippen LogP contribution in [-0.2, 0) is 17.7 Å². The lowest BCUT2D eigenvalue weighted by molar-refractivity contribution is -0.173. The Balaban J connectivity index is 1.55.